The molecule has 0 atom stereocenters. The van der Waals surface area contributed by atoms with E-state index in [-0.39, 0.29) is 0 Å². The van der Waals surface area contributed by atoms with Crippen molar-refractivity contribution in [3.63, 3.8) is 0 Å². The van der Waals surface area contributed by atoms with Crippen LogP contribution in [0.15, 0.2) is 218 Å². The van der Waals surface area contributed by atoms with Gasteiger partial charge in [-0.2, -0.15) is 5.26 Å². The summed E-state index contributed by atoms with van der Waals surface area (Å²) in [5.41, 5.74) is 13.3. The zero-order chi connectivity index (χ0) is 42.6. The van der Waals surface area contributed by atoms with Crippen molar-refractivity contribution < 1.29 is 0 Å². The van der Waals surface area contributed by atoms with Crippen molar-refractivity contribution in [2.75, 3.05) is 0 Å². The van der Waals surface area contributed by atoms with E-state index in [4.69, 9.17) is 15.0 Å². The number of benzene rings is 9. The highest BCUT2D eigenvalue weighted by Gasteiger charge is 2.23. The summed E-state index contributed by atoms with van der Waals surface area (Å²) in [4.78, 5) is 15.7. The standard InChI is InChI=1S/C58H36N6/c59-37-41-36-40(56-60-57(47-27-12-10-24-43(47)38-18-4-1-5-19-38)62-58(61-56)48-28-13-11-25-44(48)39-20-6-2-7-21-39)32-34-50(41)64-51-30-16-14-26-45(51)46-33-35-53-54(55(46)64)49-29-15-17-31-52(49)63(53)42-22-8-3-9-23-42/h1-36H. The molecule has 64 heavy (non-hydrogen) atoms. The summed E-state index contributed by atoms with van der Waals surface area (Å²) < 4.78 is 4.61. The van der Waals surface area contributed by atoms with Crippen LogP contribution in [0.2, 0.25) is 0 Å². The largest absolute Gasteiger partial charge is 0.309 e. The fourth-order valence-electron chi connectivity index (χ4n) is 9.41. The molecule has 0 aliphatic heterocycles. The summed E-state index contributed by atoms with van der Waals surface area (Å²) in [5.74, 6) is 1.57. The van der Waals surface area contributed by atoms with E-state index >= 15 is 0 Å². The first-order valence-corrected chi connectivity index (χ1v) is 21.3. The van der Waals surface area contributed by atoms with Crippen LogP contribution in [0.1, 0.15) is 5.56 Å². The third-order valence-corrected chi connectivity index (χ3v) is 12.2. The molecule has 9 aromatic carbocycles. The number of hydrogen-bond acceptors (Lipinski definition) is 4. The molecule has 12 rings (SSSR count). The van der Waals surface area contributed by atoms with Crippen LogP contribution >= 0.6 is 0 Å². The van der Waals surface area contributed by atoms with E-state index in [9.17, 15) is 5.26 Å². The number of fused-ring (bicyclic) bond motifs is 7. The van der Waals surface area contributed by atoms with Gasteiger partial charge in [-0.05, 0) is 70.8 Å². The normalized spacial score (nSPS) is 11.4. The van der Waals surface area contributed by atoms with Crippen molar-refractivity contribution >= 4 is 43.6 Å². The molecule has 0 unspecified atom stereocenters. The van der Waals surface area contributed by atoms with Crippen LogP contribution in [0.4, 0.5) is 0 Å². The van der Waals surface area contributed by atoms with Gasteiger partial charge in [-0.1, -0.05) is 170 Å². The number of nitrogens with zero attached hydrogens (tertiary/aromatic N) is 6. The predicted molar refractivity (Wildman–Crippen MR) is 260 cm³/mol. The molecular formula is C58H36N6. The van der Waals surface area contributed by atoms with Crippen molar-refractivity contribution in [2.24, 2.45) is 0 Å². The third-order valence-electron chi connectivity index (χ3n) is 12.2. The molecule has 0 bridgehead atoms. The average molecular weight is 817 g/mol. The van der Waals surface area contributed by atoms with Gasteiger partial charge in [0.15, 0.2) is 17.5 Å². The van der Waals surface area contributed by atoms with Gasteiger partial charge in [0, 0.05) is 43.9 Å². The van der Waals surface area contributed by atoms with Gasteiger partial charge in [0.05, 0.1) is 33.3 Å². The fourth-order valence-corrected chi connectivity index (χ4v) is 9.41. The fraction of sp³-hybridized carbons (Fsp3) is 0. The van der Waals surface area contributed by atoms with E-state index in [0.717, 1.165) is 88.4 Å². The second kappa shape index (κ2) is 15.2. The number of rotatable bonds is 7. The molecule has 0 saturated heterocycles. The number of aromatic nitrogens is 5. The lowest BCUT2D eigenvalue weighted by molar-refractivity contribution is 1.07. The van der Waals surface area contributed by atoms with Crippen LogP contribution < -0.4 is 0 Å². The van der Waals surface area contributed by atoms with Crippen LogP contribution in [-0.4, -0.2) is 24.1 Å². The quantitative estimate of drug-likeness (QED) is 0.161. The number of para-hydroxylation sites is 3. The first-order valence-electron chi connectivity index (χ1n) is 21.3. The Morgan fingerprint density at radius 3 is 1.47 bits per heavy atom. The molecule has 0 fully saturated rings. The molecule has 0 spiro atoms. The summed E-state index contributed by atoms with van der Waals surface area (Å²) in [6, 6.07) is 77.7. The van der Waals surface area contributed by atoms with Crippen molar-refractivity contribution in [3.8, 4) is 73.9 Å². The van der Waals surface area contributed by atoms with E-state index in [1.807, 2.05) is 84.9 Å². The lowest BCUT2D eigenvalue weighted by atomic mass is 9.98. The van der Waals surface area contributed by atoms with Crippen molar-refractivity contribution in [2.45, 2.75) is 0 Å². The molecule has 0 N–H and O–H groups in total. The molecule has 12 aromatic rings. The predicted octanol–water partition coefficient (Wildman–Crippen LogP) is 14.3. The Balaban J connectivity index is 1.10. The van der Waals surface area contributed by atoms with Gasteiger partial charge >= 0.3 is 0 Å². The highest BCUT2D eigenvalue weighted by Crippen LogP contribution is 2.43. The van der Waals surface area contributed by atoms with Gasteiger partial charge in [-0.3, -0.25) is 0 Å². The topological polar surface area (TPSA) is 72.3 Å². The van der Waals surface area contributed by atoms with E-state index in [2.05, 4.69) is 149 Å². The second-order valence-electron chi connectivity index (χ2n) is 15.9. The lowest BCUT2D eigenvalue weighted by Crippen LogP contribution is -2.03. The number of hydrogen-bond donors (Lipinski definition) is 0. The Hall–Kier alpha value is -8.92. The van der Waals surface area contributed by atoms with Crippen molar-refractivity contribution in [3.05, 3.63) is 224 Å². The summed E-state index contributed by atoms with van der Waals surface area (Å²) in [6.07, 6.45) is 0. The van der Waals surface area contributed by atoms with E-state index in [0.29, 0.717) is 28.6 Å². The maximum absolute atomic E-state index is 11.1. The molecule has 0 amide bonds. The van der Waals surface area contributed by atoms with E-state index in [1.165, 1.54) is 0 Å². The van der Waals surface area contributed by atoms with Gasteiger partial charge in [-0.25, -0.2) is 15.0 Å². The van der Waals surface area contributed by atoms with Crippen LogP contribution in [-0.2, 0) is 0 Å². The van der Waals surface area contributed by atoms with Gasteiger partial charge in [0.2, 0.25) is 0 Å². The maximum atomic E-state index is 11.1. The minimum absolute atomic E-state index is 0.476. The third kappa shape index (κ3) is 5.99. The summed E-state index contributed by atoms with van der Waals surface area (Å²) in [6.45, 7) is 0. The lowest BCUT2D eigenvalue weighted by Gasteiger charge is -2.15. The van der Waals surface area contributed by atoms with Crippen LogP contribution in [0.5, 0.6) is 0 Å². The van der Waals surface area contributed by atoms with Crippen LogP contribution in [0.3, 0.4) is 0 Å². The molecule has 6 heteroatoms. The molecule has 0 radical (unpaired) electrons. The molecule has 0 aliphatic rings. The minimum Gasteiger partial charge on any atom is -0.309 e. The first kappa shape index (κ1) is 36.9. The zero-order valence-electron chi connectivity index (χ0n) is 34.5. The van der Waals surface area contributed by atoms with E-state index < -0.39 is 0 Å². The zero-order valence-corrected chi connectivity index (χ0v) is 34.5. The highest BCUT2D eigenvalue weighted by atomic mass is 15.0. The Bertz CT molecular complexity index is 3690. The van der Waals surface area contributed by atoms with Gasteiger partial charge in [0.1, 0.15) is 6.07 Å². The Morgan fingerprint density at radius 2 is 0.859 bits per heavy atom. The number of nitriles is 1. The Labute approximate surface area is 369 Å². The second-order valence-corrected chi connectivity index (χ2v) is 15.9. The van der Waals surface area contributed by atoms with Crippen molar-refractivity contribution in [1.29, 1.82) is 5.26 Å². The summed E-state index contributed by atoms with van der Waals surface area (Å²) >= 11 is 0. The average Bonchev–Trinajstić information content (AvgIpc) is 3.90. The molecule has 6 nitrogen and oxygen atoms in total. The molecule has 0 saturated carbocycles. The van der Waals surface area contributed by atoms with Gasteiger partial charge < -0.3 is 9.13 Å². The maximum Gasteiger partial charge on any atom is 0.164 e. The Morgan fingerprint density at radius 1 is 0.359 bits per heavy atom. The monoisotopic (exact) mass is 816 g/mol. The van der Waals surface area contributed by atoms with Crippen LogP contribution in [0.25, 0.3) is 111 Å². The van der Waals surface area contributed by atoms with Crippen molar-refractivity contribution in [1.82, 2.24) is 24.1 Å². The first-order chi connectivity index (χ1) is 31.7. The SMILES string of the molecule is N#Cc1cc(-c2nc(-c3ccccc3-c3ccccc3)nc(-c3ccccc3-c3ccccc3)n2)ccc1-n1c2ccccc2c2ccc3c(c4ccccc4n3-c3ccccc3)c21. The molecule has 298 valence electrons. The highest BCUT2D eigenvalue weighted by molar-refractivity contribution is 6.26. The van der Waals surface area contributed by atoms with Crippen LogP contribution in [0, 0.1) is 11.3 Å². The van der Waals surface area contributed by atoms with E-state index in [1.54, 1.807) is 0 Å². The molecule has 0 aliphatic carbocycles. The summed E-state index contributed by atoms with van der Waals surface area (Å²) in [7, 11) is 0. The molecular weight excluding hydrogens is 781 g/mol. The Kier molecular flexibility index (Phi) is 8.77. The molecule has 3 aromatic heterocycles. The van der Waals surface area contributed by atoms with Gasteiger partial charge in [-0.15, -0.1) is 0 Å². The van der Waals surface area contributed by atoms with Gasteiger partial charge in [0.25, 0.3) is 0 Å². The smallest absolute Gasteiger partial charge is 0.164 e. The molecule has 3 heterocycles. The summed E-state index contributed by atoms with van der Waals surface area (Å²) in [5, 5.41) is 15.6. The minimum atomic E-state index is 0.476.